The number of nitrogens with one attached hydrogen (secondary N) is 2. The molecule has 1 heterocycles. The van der Waals surface area contributed by atoms with E-state index in [4.69, 9.17) is 18.0 Å². The second-order valence-corrected chi connectivity index (χ2v) is 8.17. The van der Waals surface area contributed by atoms with Crippen molar-refractivity contribution in [2.45, 2.75) is 78.3 Å². The molecule has 7 nitrogen and oxygen atoms in total. The Kier molecular flexibility index (Phi) is 7.89. The molecule has 152 valence electrons. The van der Waals surface area contributed by atoms with Crippen LogP contribution in [0.4, 0.5) is 11.5 Å². The lowest BCUT2D eigenvalue weighted by atomic mass is 9.96. The Morgan fingerprint density at radius 3 is 2.59 bits per heavy atom. The van der Waals surface area contributed by atoms with Gasteiger partial charge in [0.2, 0.25) is 0 Å². The van der Waals surface area contributed by atoms with Crippen LogP contribution in [0.1, 0.15) is 65.7 Å². The van der Waals surface area contributed by atoms with Gasteiger partial charge >= 0.3 is 5.69 Å². The maximum atomic E-state index is 12.6. The van der Waals surface area contributed by atoms with Gasteiger partial charge in [-0.05, 0) is 37.4 Å². The predicted molar refractivity (Wildman–Crippen MR) is 115 cm³/mol. The number of aromatic nitrogens is 2. The molecule has 0 amide bonds. The van der Waals surface area contributed by atoms with Crippen molar-refractivity contribution in [2.75, 3.05) is 17.2 Å². The van der Waals surface area contributed by atoms with Crippen molar-refractivity contribution in [3.05, 3.63) is 20.8 Å². The van der Waals surface area contributed by atoms with Crippen LogP contribution in [-0.2, 0) is 6.54 Å². The van der Waals surface area contributed by atoms with Gasteiger partial charge in [-0.1, -0.05) is 46.5 Å². The fourth-order valence-corrected chi connectivity index (χ4v) is 3.85. The highest BCUT2D eigenvalue weighted by molar-refractivity contribution is 7.80. The van der Waals surface area contributed by atoms with E-state index in [1.54, 1.807) is 4.90 Å². The Morgan fingerprint density at radius 2 is 2.00 bits per heavy atom. The van der Waals surface area contributed by atoms with Crippen molar-refractivity contribution >= 4 is 28.8 Å². The van der Waals surface area contributed by atoms with E-state index in [0.29, 0.717) is 24.2 Å². The fourth-order valence-electron chi connectivity index (χ4n) is 3.52. The number of unbranched alkanes of at least 4 members (excludes halogenated alkanes) is 1. The largest absolute Gasteiger partial charge is 0.383 e. The Morgan fingerprint density at radius 1 is 1.33 bits per heavy atom. The maximum absolute atomic E-state index is 12.6. The lowest BCUT2D eigenvalue weighted by molar-refractivity contribution is 0.413. The van der Waals surface area contributed by atoms with Crippen molar-refractivity contribution in [1.82, 2.24) is 14.9 Å². The van der Waals surface area contributed by atoms with Gasteiger partial charge in [0.25, 0.3) is 5.56 Å². The number of thiocarbonyl (C=S) groups is 1. The first-order valence-corrected chi connectivity index (χ1v) is 10.5. The van der Waals surface area contributed by atoms with Gasteiger partial charge in [-0.15, -0.1) is 0 Å². The average Bonchev–Trinajstić information content (AvgIpc) is 2.61. The summed E-state index contributed by atoms with van der Waals surface area (Å²) in [5, 5.41) is 3.92. The molecule has 0 bridgehead atoms. The number of hydrogen-bond donors (Lipinski definition) is 3. The highest BCUT2D eigenvalue weighted by Gasteiger charge is 2.24. The molecule has 2 rings (SSSR count). The van der Waals surface area contributed by atoms with Crippen LogP contribution in [0.15, 0.2) is 9.59 Å². The molecular weight excluding hydrogens is 362 g/mol. The van der Waals surface area contributed by atoms with Crippen LogP contribution in [0.2, 0.25) is 0 Å². The molecule has 4 N–H and O–H groups in total. The monoisotopic (exact) mass is 395 g/mol. The van der Waals surface area contributed by atoms with E-state index in [0.717, 1.165) is 25.7 Å². The minimum atomic E-state index is -0.487. The second-order valence-electron chi connectivity index (χ2n) is 7.79. The molecule has 1 saturated carbocycles. The van der Waals surface area contributed by atoms with Crippen LogP contribution >= 0.6 is 12.2 Å². The van der Waals surface area contributed by atoms with Crippen LogP contribution < -0.4 is 27.2 Å². The van der Waals surface area contributed by atoms with Crippen molar-refractivity contribution in [1.29, 1.82) is 0 Å². The van der Waals surface area contributed by atoms with Gasteiger partial charge in [-0.3, -0.25) is 14.3 Å². The third-order valence-electron chi connectivity index (χ3n) is 4.94. The third-order valence-corrected chi connectivity index (χ3v) is 5.28. The SMILES string of the molecule is CCCCn1c(N)c(N(CC(C)C)C(=S)NC2CCCCC2)c(=O)[nH]c1=O. The minimum absolute atomic E-state index is 0.186. The number of nitrogen functional groups attached to an aromatic ring is 1. The molecule has 0 saturated heterocycles. The quantitative estimate of drug-likeness (QED) is 0.614. The first-order chi connectivity index (χ1) is 12.8. The first-order valence-electron chi connectivity index (χ1n) is 10.1. The Bertz CT molecular complexity index is 749. The Hall–Kier alpha value is -1.83. The molecule has 0 aromatic carbocycles. The second kappa shape index (κ2) is 9.92. The summed E-state index contributed by atoms with van der Waals surface area (Å²) in [7, 11) is 0. The zero-order valence-corrected chi connectivity index (χ0v) is 17.5. The number of rotatable bonds is 7. The van der Waals surface area contributed by atoms with Crippen molar-refractivity contribution in [3.8, 4) is 0 Å². The van der Waals surface area contributed by atoms with E-state index in [2.05, 4.69) is 24.1 Å². The summed E-state index contributed by atoms with van der Waals surface area (Å²) >= 11 is 5.66. The van der Waals surface area contributed by atoms with E-state index in [-0.39, 0.29) is 17.4 Å². The highest BCUT2D eigenvalue weighted by Crippen LogP contribution is 2.21. The van der Waals surface area contributed by atoms with Gasteiger partial charge in [-0.2, -0.15) is 0 Å². The number of nitrogens with two attached hydrogens (primary N) is 1. The van der Waals surface area contributed by atoms with Gasteiger partial charge in [0.05, 0.1) is 0 Å². The smallest absolute Gasteiger partial charge is 0.330 e. The average molecular weight is 396 g/mol. The van der Waals surface area contributed by atoms with Crippen molar-refractivity contribution in [2.24, 2.45) is 5.92 Å². The predicted octanol–water partition coefficient (Wildman–Crippen LogP) is 2.59. The molecule has 1 aromatic heterocycles. The molecule has 1 aromatic rings. The summed E-state index contributed by atoms with van der Waals surface area (Å²) in [6.07, 6.45) is 7.54. The van der Waals surface area contributed by atoms with E-state index in [9.17, 15) is 9.59 Å². The number of nitrogens with zero attached hydrogens (tertiary/aromatic N) is 2. The molecule has 0 spiro atoms. The van der Waals surface area contributed by atoms with E-state index in [1.165, 1.54) is 23.8 Å². The summed E-state index contributed by atoms with van der Waals surface area (Å²) in [6.45, 7) is 7.20. The third kappa shape index (κ3) is 5.57. The van der Waals surface area contributed by atoms with Crippen molar-refractivity contribution < 1.29 is 0 Å². The summed E-state index contributed by atoms with van der Waals surface area (Å²) in [6, 6.07) is 0.326. The molecule has 0 atom stereocenters. The van der Waals surface area contributed by atoms with Crippen molar-refractivity contribution in [3.63, 3.8) is 0 Å². The summed E-state index contributed by atoms with van der Waals surface area (Å²) < 4.78 is 1.44. The normalized spacial score (nSPS) is 15.1. The lowest BCUT2D eigenvalue weighted by Gasteiger charge is -2.32. The molecule has 1 aliphatic rings. The van der Waals surface area contributed by atoms with Crippen LogP contribution in [-0.4, -0.2) is 27.3 Å². The zero-order chi connectivity index (χ0) is 20.0. The molecule has 0 unspecified atom stereocenters. The van der Waals surface area contributed by atoms with E-state index >= 15 is 0 Å². The van der Waals surface area contributed by atoms with Crippen LogP contribution in [0.3, 0.4) is 0 Å². The van der Waals surface area contributed by atoms with E-state index < -0.39 is 11.2 Å². The molecule has 27 heavy (non-hydrogen) atoms. The first kappa shape index (κ1) is 21.5. The van der Waals surface area contributed by atoms with E-state index in [1.807, 2.05) is 6.92 Å². The highest BCUT2D eigenvalue weighted by atomic mass is 32.1. The number of hydrogen-bond acceptors (Lipinski definition) is 4. The molecular formula is C19H33N5O2S. The van der Waals surface area contributed by atoms with Gasteiger partial charge in [-0.25, -0.2) is 4.79 Å². The molecule has 8 heteroatoms. The number of H-pyrrole nitrogens is 1. The van der Waals surface area contributed by atoms with Gasteiger partial charge < -0.3 is 16.0 Å². The van der Waals surface area contributed by atoms with Crippen LogP contribution in [0.25, 0.3) is 0 Å². The molecule has 1 fully saturated rings. The standard InChI is InChI=1S/C19H33N5O2S/c1-4-5-11-23-16(20)15(17(25)22-18(23)26)24(12-13(2)3)19(27)21-14-9-7-6-8-10-14/h13-14H,4-12,20H2,1-3H3,(H,21,27)(H,22,25,26). The lowest BCUT2D eigenvalue weighted by Crippen LogP contribution is -2.49. The van der Waals surface area contributed by atoms with Crippen LogP contribution in [0, 0.1) is 5.92 Å². The zero-order valence-electron chi connectivity index (χ0n) is 16.7. The Labute approximate surface area is 166 Å². The molecule has 0 aliphatic heterocycles. The van der Waals surface area contributed by atoms with Gasteiger partial charge in [0.15, 0.2) is 10.8 Å². The summed E-state index contributed by atoms with van der Waals surface area (Å²) in [4.78, 5) is 29.0. The molecule has 1 aliphatic carbocycles. The fraction of sp³-hybridized carbons (Fsp3) is 0.737. The molecule has 0 radical (unpaired) electrons. The summed E-state index contributed by atoms with van der Waals surface area (Å²) in [5.74, 6) is 0.455. The Balaban J connectivity index is 2.38. The topological polar surface area (TPSA) is 96.2 Å². The van der Waals surface area contributed by atoms with Crippen LogP contribution in [0.5, 0.6) is 0 Å². The van der Waals surface area contributed by atoms with Gasteiger partial charge in [0, 0.05) is 19.1 Å². The summed E-state index contributed by atoms with van der Waals surface area (Å²) in [5.41, 5.74) is 5.60. The maximum Gasteiger partial charge on any atom is 0.330 e. The number of aromatic amines is 1. The minimum Gasteiger partial charge on any atom is -0.383 e. The van der Waals surface area contributed by atoms with Gasteiger partial charge in [0.1, 0.15) is 5.82 Å². The number of anilines is 2.